The van der Waals surface area contributed by atoms with Crippen LogP contribution in [0.1, 0.15) is 19.8 Å². The molecule has 0 fully saturated rings. The highest BCUT2D eigenvalue weighted by atomic mass is 79.9. The molecule has 0 radical (unpaired) electrons. The van der Waals surface area contributed by atoms with Gasteiger partial charge in [-0.25, -0.2) is 4.39 Å². The fourth-order valence-electron chi connectivity index (χ4n) is 1.11. The van der Waals surface area contributed by atoms with Crippen molar-refractivity contribution in [1.29, 1.82) is 0 Å². The minimum Gasteiger partial charge on any atom is -0.493 e. The number of ether oxygens (including phenoxy) is 1. The van der Waals surface area contributed by atoms with Crippen LogP contribution in [-0.4, -0.2) is 11.4 Å². The van der Waals surface area contributed by atoms with E-state index in [4.69, 9.17) is 4.74 Å². The highest BCUT2D eigenvalue weighted by Crippen LogP contribution is 2.13. The third-order valence-electron chi connectivity index (χ3n) is 1.81. The van der Waals surface area contributed by atoms with E-state index < -0.39 is 0 Å². The predicted octanol–water partition coefficient (Wildman–Crippen LogP) is 3.77. The Kier molecular flexibility index (Phi) is 4.94. The average molecular weight is 261 g/mol. The molecule has 1 atom stereocenters. The van der Waals surface area contributed by atoms with Crippen molar-refractivity contribution in [2.45, 2.75) is 24.6 Å². The van der Waals surface area contributed by atoms with Gasteiger partial charge in [0.1, 0.15) is 11.6 Å². The summed E-state index contributed by atoms with van der Waals surface area (Å²) >= 11 is 3.46. The van der Waals surface area contributed by atoms with Gasteiger partial charge in [-0.1, -0.05) is 28.9 Å². The Morgan fingerprint density at radius 1 is 1.50 bits per heavy atom. The molecule has 3 heteroatoms. The van der Waals surface area contributed by atoms with Gasteiger partial charge >= 0.3 is 0 Å². The van der Waals surface area contributed by atoms with Crippen LogP contribution < -0.4 is 4.74 Å². The minimum absolute atomic E-state index is 0.253. The summed E-state index contributed by atoms with van der Waals surface area (Å²) in [6.07, 6.45) is 2.04. The van der Waals surface area contributed by atoms with Gasteiger partial charge in [0.2, 0.25) is 0 Å². The molecule has 14 heavy (non-hydrogen) atoms. The van der Waals surface area contributed by atoms with E-state index in [9.17, 15) is 4.39 Å². The SMILES string of the molecule is CC(Br)CCCOc1cccc(F)c1. The molecular weight excluding hydrogens is 247 g/mol. The zero-order valence-electron chi connectivity index (χ0n) is 8.17. The van der Waals surface area contributed by atoms with Gasteiger partial charge in [-0.2, -0.15) is 0 Å². The van der Waals surface area contributed by atoms with E-state index in [2.05, 4.69) is 22.9 Å². The Morgan fingerprint density at radius 2 is 2.29 bits per heavy atom. The predicted molar refractivity (Wildman–Crippen MR) is 59.5 cm³/mol. The topological polar surface area (TPSA) is 9.23 Å². The zero-order valence-corrected chi connectivity index (χ0v) is 9.76. The Morgan fingerprint density at radius 3 is 2.93 bits per heavy atom. The molecule has 0 aliphatic heterocycles. The van der Waals surface area contributed by atoms with Crippen LogP contribution in [-0.2, 0) is 0 Å². The molecule has 1 aromatic rings. The number of alkyl halides is 1. The van der Waals surface area contributed by atoms with Crippen LogP contribution in [0.25, 0.3) is 0 Å². The number of hydrogen-bond acceptors (Lipinski definition) is 1. The van der Waals surface area contributed by atoms with Gasteiger partial charge in [-0.15, -0.1) is 0 Å². The van der Waals surface area contributed by atoms with E-state index in [1.54, 1.807) is 12.1 Å². The van der Waals surface area contributed by atoms with Crippen molar-refractivity contribution in [2.24, 2.45) is 0 Å². The van der Waals surface area contributed by atoms with E-state index in [1.165, 1.54) is 12.1 Å². The average Bonchev–Trinajstić information content (AvgIpc) is 2.12. The van der Waals surface area contributed by atoms with Crippen molar-refractivity contribution in [3.8, 4) is 5.75 Å². The van der Waals surface area contributed by atoms with E-state index in [0.717, 1.165) is 12.8 Å². The van der Waals surface area contributed by atoms with Crippen molar-refractivity contribution >= 4 is 15.9 Å². The molecule has 0 saturated heterocycles. The molecule has 0 bridgehead atoms. The molecule has 1 unspecified atom stereocenters. The van der Waals surface area contributed by atoms with Gasteiger partial charge in [-0.05, 0) is 25.0 Å². The van der Waals surface area contributed by atoms with Crippen molar-refractivity contribution in [1.82, 2.24) is 0 Å². The first-order chi connectivity index (χ1) is 6.68. The van der Waals surface area contributed by atoms with Gasteiger partial charge in [0.05, 0.1) is 6.61 Å². The molecule has 78 valence electrons. The molecule has 0 heterocycles. The molecule has 0 aliphatic carbocycles. The van der Waals surface area contributed by atoms with Gasteiger partial charge in [0.25, 0.3) is 0 Å². The summed E-state index contributed by atoms with van der Waals surface area (Å²) < 4.78 is 18.1. The molecule has 1 rings (SSSR count). The standard InChI is InChI=1S/C11H14BrFO/c1-9(12)4-3-7-14-11-6-2-5-10(13)8-11/h2,5-6,8-9H,3-4,7H2,1H3. The van der Waals surface area contributed by atoms with Crippen molar-refractivity contribution in [2.75, 3.05) is 6.61 Å². The number of rotatable bonds is 5. The molecule has 1 nitrogen and oxygen atoms in total. The van der Waals surface area contributed by atoms with Crippen LogP contribution >= 0.6 is 15.9 Å². The summed E-state index contributed by atoms with van der Waals surface area (Å²) in [5.74, 6) is 0.351. The monoisotopic (exact) mass is 260 g/mol. The summed E-state index contributed by atoms with van der Waals surface area (Å²) in [5, 5.41) is 0. The molecule has 0 aromatic heterocycles. The van der Waals surface area contributed by atoms with Crippen LogP contribution in [0.2, 0.25) is 0 Å². The highest BCUT2D eigenvalue weighted by Gasteiger charge is 1.98. The third kappa shape index (κ3) is 4.61. The third-order valence-corrected chi connectivity index (χ3v) is 2.27. The van der Waals surface area contributed by atoms with Crippen LogP contribution in [0, 0.1) is 5.82 Å². The summed E-state index contributed by atoms with van der Waals surface area (Å²) in [6.45, 7) is 2.74. The number of hydrogen-bond donors (Lipinski definition) is 0. The van der Waals surface area contributed by atoms with Crippen molar-refractivity contribution in [3.05, 3.63) is 30.1 Å². The van der Waals surface area contributed by atoms with Gasteiger partial charge < -0.3 is 4.74 Å². The van der Waals surface area contributed by atoms with Crippen LogP contribution in [0.4, 0.5) is 4.39 Å². The first kappa shape index (κ1) is 11.5. The number of benzene rings is 1. The summed E-state index contributed by atoms with van der Waals surface area (Å²) in [7, 11) is 0. The zero-order chi connectivity index (χ0) is 10.4. The number of halogens is 2. The molecule has 0 N–H and O–H groups in total. The Bertz CT molecular complexity index is 276. The van der Waals surface area contributed by atoms with Gasteiger partial charge in [-0.3, -0.25) is 0 Å². The molecule has 1 aromatic carbocycles. The fraction of sp³-hybridized carbons (Fsp3) is 0.455. The lowest BCUT2D eigenvalue weighted by Gasteiger charge is -2.06. The van der Waals surface area contributed by atoms with Gasteiger partial charge in [0.15, 0.2) is 0 Å². The normalized spacial score (nSPS) is 12.5. The van der Waals surface area contributed by atoms with E-state index in [-0.39, 0.29) is 5.82 Å². The molecule has 0 saturated carbocycles. The van der Waals surface area contributed by atoms with E-state index >= 15 is 0 Å². The smallest absolute Gasteiger partial charge is 0.126 e. The Balaban J connectivity index is 2.25. The van der Waals surface area contributed by atoms with Crippen LogP contribution in [0.15, 0.2) is 24.3 Å². The molecular formula is C11H14BrFO. The Hall–Kier alpha value is -0.570. The first-order valence-electron chi connectivity index (χ1n) is 4.71. The molecule has 0 amide bonds. The van der Waals surface area contributed by atoms with Crippen molar-refractivity contribution < 1.29 is 9.13 Å². The lowest BCUT2D eigenvalue weighted by atomic mass is 10.2. The van der Waals surface area contributed by atoms with E-state index in [0.29, 0.717) is 17.2 Å². The highest BCUT2D eigenvalue weighted by molar-refractivity contribution is 9.09. The lowest BCUT2D eigenvalue weighted by molar-refractivity contribution is 0.306. The maximum Gasteiger partial charge on any atom is 0.126 e. The maximum atomic E-state index is 12.7. The summed E-state index contributed by atoms with van der Waals surface area (Å²) in [5.41, 5.74) is 0. The summed E-state index contributed by atoms with van der Waals surface area (Å²) in [6, 6.07) is 6.23. The van der Waals surface area contributed by atoms with Crippen molar-refractivity contribution in [3.63, 3.8) is 0 Å². The van der Waals surface area contributed by atoms with E-state index in [1.807, 2.05) is 0 Å². The second-order valence-electron chi connectivity index (χ2n) is 3.23. The quantitative estimate of drug-likeness (QED) is 0.579. The second kappa shape index (κ2) is 6.02. The van der Waals surface area contributed by atoms with Crippen LogP contribution in [0.3, 0.4) is 0 Å². The molecule has 0 spiro atoms. The minimum atomic E-state index is -0.253. The lowest BCUT2D eigenvalue weighted by Crippen LogP contribution is -2.00. The largest absolute Gasteiger partial charge is 0.493 e. The fourth-order valence-corrected chi connectivity index (χ4v) is 1.44. The maximum absolute atomic E-state index is 12.7. The van der Waals surface area contributed by atoms with Gasteiger partial charge in [0, 0.05) is 10.9 Å². The molecule has 0 aliphatic rings. The Labute approximate surface area is 92.4 Å². The first-order valence-corrected chi connectivity index (χ1v) is 5.62. The summed E-state index contributed by atoms with van der Waals surface area (Å²) in [4.78, 5) is 0.513. The second-order valence-corrected chi connectivity index (χ2v) is 4.79. The van der Waals surface area contributed by atoms with Crippen LogP contribution in [0.5, 0.6) is 5.75 Å².